The molecule has 0 saturated heterocycles. The van der Waals surface area contributed by atoms with Crippen LogP contribution in [0.4, 0.5) is 0 Å². The summed E-state index contributed by atoms with van der Waals surface area (Å²) in [6, 6.07) is 25.0. The second kappa shape index (κ2) is 8.74. The summed E-state index contributed by atoms with van der Waals surface area (Å²) in [5.74, 6) is 0.425. The molecule has 0 amide bonds. The van der Waals surface area contributed by atoms with Crippen LogP contribution in [0.3, 0.4) is 0 Å². The maximum absolute atomic E-state index is 13.9. The largest absolute Gasteiger partial charge is 0.452 e. The summed E-state index contributed by atoms with van der Waals surface area (Å²) in [6.45, 7) is 0. The van der Waals surface area contributed by atoms with Crippen molar-refractivity contribution in [1.29, 1.82) is 0 Å². The van der Waals surface area contributed by atoms with Gasteiger partial charge in [-0.2, -0.15) is 0 Å². The van der Waals surface area contributed by atoms with Crippen molar-refractivity contribution in [1.82, 2.24) is 5.32 Å². The molecule has 3 aromatic carbocycles. The Bertz CT molecular complexity index is 918. The van der Waals surface area contributed by atoms with Crippen LogP contribution in [0.2, 0.25) is 0 Å². The fourth-order valence-corrected chi connectivity index (χ4v) is 4.68. The first kappa shape index (κ1) is 19.7. The molecule has 0 spiro atoms. The summed E-state index contributed by atoms with van der Waals surface area (Å²) in [4.78, 5) is 0. The molecule has 0 fully saturated rings. The second-order valence-corrected chi connectivity index (χ2v) is 8.08. The van der Waals surface area contributed by atoms with Crippen molar-refractivity contribution in [2.75, 3.05) is 7.05 Å². The number of rotatable bonds is 8. The average Bonchev–Trinajstić information content (AvgIpc) is 2.70. The topological polar surface area (TPSA) is 99.2 Å². The fraction of sp³-hybridized carbons (Fsp3) is 0.0952. The molecule has 28 heavy (non-hydrogen) atoms. The Balaban J connectivity index is 1.99. The first-order valence-corrected chi connectivity index (χ1v) is 10.4. The van der Waals surface area contributed by atoms with Crippen molar-refractivity contribution in [2.45, 2.75) is 5.78 Å². The molecule has 0 aliphatic rings. The lowest BCUT2D eigenvalue weighted by Gasteiger charge is -2.27. The molecule has 144 valence electrons. The number of benzene rings is 3. The molecule has 0 aliphatic heterocycles. The quantitative estimate of drug-likeness (QED) is 0.309. The summed E-state index contributed by atoms with van der Waals surface area (Å²) in [5, 5.41) is 8.70. The van der Waals surface area contributed by atoms with E-state index in [4.69, 9.17) is 20.2 Å². The van der Waals surface area contributed by atoms with Gasteiger partial charge in [0.25, 0.3) is 5.84 Å². The van der Waals surface area contributed by atoms with Gasteiger partial charge < -0.3 is 14.4 Å². The van der Waals surface area contributed by atoms with Crippen molar-refractivity contribution in [3.8, 4) is 11.5 Å². The number of hydrogen-bond acceptors (Lipinski definition) is 4. The predicted octanol–water partition coefficient (Wildman–Crippen LogP) is 2.72. The van der Waals surface area contributed by atoms with Crippen LogP contribution in [0, 0.1) is 0 Å². The van der Waals surface area contributed by atoms with Gasteiger partial charge in [-0.05, 0) is 49.0 Å². The molecule has 0 heterocycles. The van der Waals surface area contributed by atoms with Crippen LogP contribution in [-0.2, 0) is 4.57 Å². The highest BCUT2D eigenvalue weighted by Crippen LogP contribution is 2.58. The van der Waals surface area contributed by atoms with Crippen LogP contribution in [0.1, 0.15) is 16.9 Å². The van der Waals surface area contributed by atoms with E-state index in [1.165, 1.54) is 0 Å². The molecule has 1 atom stereocenters. The molecule has 1 unspecified atom stereocenters. The number of amidine groups is 1. The molecule has 0 aliphatic carbocycles. The van der Waals surface area contributed by atoms with Crippen LogP contribution in [0.5, 0.6) is 11.5 Å². The Morgan fingerprint density at radius 3 is 1.75 bits per heavy atom. The van der Waals surface area contributed by atoms with Gasteiger partial charge in [-0.25, -0.2) is 4.57 Å². The van der Waals surface area contributed by atoms with E-state index < -0.39 is 13.4 Å². The van der Waals surface area contributed by atoms with E-state index in [2.05, 4.69) is 5.32 Å². The van der Waals surface area contributed by atoms with Gasteiger partial charge in [0, 0.05) is 0 Å². The average molecular weight is 396 g/mol. The zero-order valence-corrected chi connectivity index (χ0v) is 16.4. The maximum atomic E-state index is 13.9. The zero-order chi connectivity index (χ0) is 20.0. The van der Waals surface area contributed by atoms with Gasteiger partial charge in [0.1, 0.15) is 11.5 Å². The Labute approximate surface area is 164 Å². The van der Waals surface area contributed by atoms with Gasteiger partial charge in [0.15, 0.2) is 5.78 Å². The summed E-state index contributed by atoms with van der Waals surface area (Å²) in [7, 11) is -2.01. The molecule has 7 heteroatoms. The Morgan fingerprint density at radius 2 is 1.36 bits per heavy atom. The standard InChI is InChI=1S/C21H22N3O3P/c1-24-21(17-14-12-16(13-15-17)20(22)23)28(25,26-18-8-4-2-5-9-18)27-19-10-6-3-7-11-19/h2-15,21,24H,1H3,(H3,22,23)/p+1. The van der Waals surface area contributed by atoms with E-state index in [0.29, 0.717) is 17.1 Å². The monoisotopic (exact) mass is 396 g/mol. The van der Waals surface area contributed by atoms with Crippen LogP contribution in [0.25, 0.3) is 0 Å². The highest BCUT2D eigenvalue weighted by molar-refractivity contribution is 7.55. The number of para-hydroxylation sites is 2. The van der Waals surface area contributed by atoms with Gasteiger partial charge in [0.2, 0.25) is 0 Å². The highest BCUT2D eigenvalue weighted by Gasteiger charge is 2.39. The van der Waals surface area contributed by atoms with E-state index in [1.807, 2.05) is 36.4 Å². The number of nitrogens with two attached hydrogens (primary N) is 2. The minimum atomic E-state index is -3.71. The van der Waals surface area contributed by atoms with Gasteiger partial charge >= 0.3 is 7.60 Å². The first-order valence-electron chi connectivity index (χ1n) is 8.76. The predicted molar refractivity (Wildman–Crippen MR) is 110 cm³/mol. The molecule has 0 aromatic heterocycles. The van der Waals surface area contributed by atoms with Crippen molar-refractivity contribution in [2.24, 2.45) is 5.73 Å². The summed E-state index contributed by atoms with van der Waals surface area (Å²) in [5.41, 5.74) is 7.06. The van der Waals surface area contributed by atoms with E-state index in [-0.39, 0.29) is 5.84 Å². The molecular weight excluding hydrogens is 373 g/mol. The smallest absolute Gasteiger partial charge is 0.415 e. The van der Waals surface area contributed by atoms with E-state index in [9.17, 15) is 4.57 Å². The number of hydrogen-bond donors (Lipinski definition) is 3. The molecule has 3 rings (SSSR count). The first-order chi connectivity index (χ1) is 13.5. The minimum absolute atomic E-state index is 0.219. The lowest BCUT2D eigenvalue weighted by Crippen LogP contribution is -2.46. The molecule has 0 saturated carbocycles. The van der Waals surface area contributed by atoms with Crippen LogP contribution in [-0.4, -0.2) is 12.9 Å². The van der Waals surface area contributed by atoms with Crippen molar-refractivity contribution < 1.29 is 19.0 Å². The lowest BCUT2D eigenvalue weighted by atomic mass is 10.1. The lowest BCUT2D eigenvalue weighted by molar-refractivity contribution is -0.114. The number of nitrogens with one attached hydrogen (secondary N) is 1. The fourth-order valence-electron chi connectivity index (χ4n) is 2.75. The normalized spacial score (nSPS) is 12.2. The van der Waals surface area contributed by atoms with Crippen molar-refractivity contribution in [3.05, 3.63) is 96.1 Å². The SMILES string of the molecule is CNC(c1ccc(C(N)=[NH2+])cc1)P(=O)(Oc1ccccc1)Oc1ccccc1. The van der Waals surface area contributed by atoms with E-state index in [1.54, 1.807) is 55.6 Å². The summed E-state index contributed by atoms with van der Waals surface area (Å²) >= 11 is 0. The third-order valence-corrected chi connectivity index (χ3v) is 6.22. The molecule has 3 aromatic rings. The molecule has 6 nitrogen and oxygen atoms in total. The van der Waals surface area contributed by atoms with Crippen LogP contribution >= 0.6 is 7.60 Å². The molecule has 0 radical (unpaired) electrons. The van der Waals surface area contributed by atoms with Gasteiger partial charge in [-0.15, -0.1) is 0 Å². The molecule has 5 N–H and O–H groups in total. The van der Waals surface area contributed by atoms with Crippen LogP contribution in [0.15, 0.2) is 84.9 Å². The Hall–Kier alpha value is -3.08. The third-order valence-electron chi connectivity index (χ3n) is 4.10. The van der Waals surface area contributed by atoms with E-state index >= 15 is 0 Å². The van der Waals surface area contributed by atoms with Crippen LogP contribution < -0.4 is 25.5 Å². The summed E-state index contributed by atoms with van der Waals surface area (Å²) in [6.07, 6.45) is 0. The maximum Gasteiger partial charge on any atom is 0.452 e. The Morgan fingerprint density at radius 1 is 0.893 bits per heavy atom. The van der Waals surface area contributed by atoms with Gasteiger partial charge in [-0.1, -0.05) is 48.5 Å². The van der Waals surface area contributed by atoms with Crippen molar-refractivity contribution in [3.63, 3.8) is 0 Å². The highest BCUT2D eigenvalue weighted by atomic mass is 31.2. The molecular formula is C21H23N3O3P+. The molecule has 0 bridgehead atoms. The zero-order valence-electron chi connectivity index (χ0n) is 15.5. The van der Waals surface area contributed by atoms with E-state index in [0.717, 1.165) is 5.56 Å². The van der Waals surface area contributed by atoms with Gasteiger partial charge in [0.05, 0.1) is 5.56 Å². The van der Waals surface area contributed by atoms with Gasteiger partial charge in [-0.3, -0.25) is 11.1 Å². The summed E-state index contributed by atoms with van der Waals surface area (Å²) < 4.78 is 25.8. The second-order valence-electron chi connectivity index (χ2n) is 6.12. The van der Waals surface area contributed by atoms with Crippen molar-refractivity contribution >= 4 is 13.4 Å². The third kappa shape index (κ3) is 4.60. The minimum Gasteiger partial charge on any atom is -0.415 e. The Kier molecular flexibility index (Phi) is 6.14.